The lowest BCUT2D eigenvalue weighted by molar-refractivity contribution is -0.161. The van der Waals surface area contributed by atoms with E-state index in [9.17, 15) is 24.2 Å². The highest BCUT2D eigenvalue weighted by molar-refractivity contribution is 7.47. The van der Waals surface area contributed by atoms with E-state index in [1.807, 2.05) is 0 Å². The van der Waals surface area contributed by atoms with Gasteiger partial charge in [0.1, 0.15) is 12.7 Å². The summed E-state index contributed by atoms with van der Waals surface area (Å²) in [5, 5.41) is 18.3. The predicted molar refractivity (Wildman–Crippen MR) is 228 cm³/mol. The fraction of sp³-hybridized carbons (Fsp3) is 0.822. The van der Waals surface area contributed by atoms with Crippen LogP contribution >= 0.6 is 7.82 Å². The first-order chi connectivity index (χ1) is 27.2. The Labute approximate surface area is 341 Å². The minimum absolute atomic E-state index is 0.150. The Kier molecular flexibility index (Phi) is 40.0. The van der Waals surface area contributed by atoms with Gasteiger partial charge in [0.25, 0.3) is 0 Å². The van der Waals surface area contributed by atoms with Crippen molar-refractivity contribution in [3.63, 3.8) is 0 Å². The third-order valence-corrected chi connectivity index (χ3v) is 10.5. The van der Waals surface area contributed by atoms with Crippen molar-refractivity contribution in [2.45, 2.75) is 212 Å². The van der Waals surface area contributed by atoms with E-state index in [0.29, 0.717) is 12.8 Å². The van der Waals surface area contributed by atoms with Crippen LogP contribution in [0.4, 0.5) is 0 Å². The van der Waals surface area contributed by atoms with E-state index in [1.165, 1.54) is 103 Å². The lowest BCUT2D eigenvalue weighted by Gasteiger charge is -2.20. The number of carbonyl (C=O) groups excluding carboxylic acids is 2. The predicted octanol–water partition coefficient (Wildman–Crippen LogP) is 11.9. The molecule has 10 nitrogen and oxygen atoms in total. The molecule has 328 valence electrons. The number of hydrogen-bond donors (Lipinski definition) is 3. The van der Waals surface area contributed by atoms with Gasteiger partial charge in [-0.15, -0.1) is 0 Å². The Morgan fingerprint density at radius 1 is 0.554 bits per heavy atom. The van der Waals surface area contributed by atoms with Crippen LogP contribution in [0.3, 0.4) is 0 Å². The van der Waals surface area contributed by atoms with Crippen molar-refractivity contribution in [1.82, 2.24) is 0 Å². The van der Waals surface area contributed by atoms with Crippen LogP contribution < -0.4 is 0 Å². The van der Waals surface area contributed by atoms with Crippen LogP contribution in [-0.2, 0) is 32.7 Å². The Morgan fingerprint density at radius 3 is 1.48 bits per heavy atom. The second-order valence-corrected chi connectivity index (χ2v) is 16.5. The average molecular weight is 815 g/mol. The quantitative estimate of drug-likeness (QED) is 0.0235. The fourth-order valence-electron chi connectivity index (χ4n) is 6.13. The Balaban J connectivity index is 4.22. The van der Waals surface area contributed by atoms with E-state index in [2.05, 4.69) is 54.8 Å². The van der Waals surface area contributed by atoms with E-state index >= 15 is 0 Å². The maximum Gasteiger partial charge on any atom is 0.472 e. The molecule has 11 heteroatoms. The SMILES string of the molecule is CC/C=C\C/C=C\C/C=C\CCCCCC(=O)OC(COC(=O)CCCCCCCCCCCCCCCCCCCCCC)COP(=O)(O)OCC(O)CO. The van der Waals surface area contributed by atoms with Crippen LogP contribution in [0.15, 0.2) is 36.5 Å². The zero-order valence-corrected chi connectivity index (χ0v) is 36.5. The van der Waals surface area contributed by atoms with Gasteiger partial charge in [-0.25, -0.2) is 4.57 Å². The summed E-state index contributed by atoms with van der Waals surface area (Å²) in [6.45, 7) is 2.25. The number of carbonyl (C=O) groups is 2. The molecule has 0 fully saturated rings. The normalized spacial score (nSPS) is 14.2. The van der Waals surface area contributed by atoms with Crippen molar-refractivity contribution in [3.8, 4) is 0 Å². The van der Waals surface area contributed by atoms with E-state index in [1.54, 1.807) is 0 Å². The number of unbranched alkanes of at least 4 members (excludes halogenated alkanes) is 22. The number of allylic oxidation sites excluding steroid dienone is 6. The number of hydrogen-bond acceptors (Lipinski definition) is 9. The summed E-state index contributed by atoms with van der Waals surface area (Å²) >= 11 is 0. The lowest BCUT2D eigenvalue weighted by atomic mass is 10.0. The van der Waals surface area contributed by atoms with Gasteiger partial charge in [0.2, 0.25) is 0 Å². The molecule has 3 N–H and O–H groups in total. The van der Waals surface area contributed by atoms with Gasteiger partial charge >= 0.3 is 19.8 Å². The van der Waals surface area contributed by atoms with Crippen LogP contribution in [0.5, 0.6) is 0 Å². The van der Waals surface area contributed by atoms with E-state index in [0.717, 1.165) is 57.8 Å². The van der Waals surface area contributed by atoms with Crippen LogP contribution in [0.1, 0.15) is 200 Å². The molecule has 0 aliphatic rings. The highest BCUT2D eigenvalue weighted by atomic mass is 31.2. The standard InChI is InChI=1S/C45H83O10P/c1-3-5-7-9-11-13-15-17-18-19-20-21-22-23-25-26-28-30-32-34-36-44(48)52-40-43(41-54-56(50,51)53-39-42(47)38-46)55-45(49)37-35-33-31-29-27-24-16-14-12-10-8-6-4-2/h6,8,12,14,24,27,42-43,46-47H,3-5,7,9-11,13,15-23,25-26,28-41H2,1-2H3,(H,50,51)/b8-6-,14-12-,27-24-. The maximum absolute atomic E-state index is 12.6. The second kappa shape index (κ2) is 41.4. The number of rotatable bonds is 42. The molecule has 0 aromatic carbocycles. The topological polar surface area (TPSA) is 149 Å². The first kappa shape index (κ1) is 54.2. The minimum Gasteiger partial charge on any atom is -0.462 e. The summed E-state index contributed by atoms with van der Waals surface area (Å²) < 4.78 is 32.7. The Hall–Kier alpha value is -1.81. The fourth-order valence-corrected chi connectivity index (χ4v) is 6.92. The summed E-state index contributed by atoms with van der Waals surface area (Å²) in [6, 6.07) is 0. The highest BCUT2D eigenvalue weighted by Gasteiger charge is 2.27. The summed E-state index contributed by atoms with van der Waals surface area (Å²) in [5.74, 6) is -0.953. The maximum atomic E-state index is 12.6. The highest BCUT2D eigenvalue weighted by Crippen LogP contribution is 2.43. The summed E-state index contributed by atoms with van der Waals surface area (Å²) in [6.07, 6.45) is 42.7. The minimum atomic E-state index is -4.62. The Bertz CT molecular complexity index is 1030. The second-order valence-electron chi connectivity index (χ2n) is 15.1. The van der Waals surface area contributed by atoms with Gasteiger partial charge in [-0.3, -0.25) is 18.6 Å². The molecular formula is C45H83O10P. The van der Waals surface area contributed by atoms with Gasteiger partial charge in [-0.05, 0) is 44.9 Å². The molecule has 0 aromatic heterocycles. The average Bonchev–Trinajstić information content (AvgIpc) is 3.19. The molecular weight excluding hydrogens is 731 g/mol. The van der Waals surface area contributed by atoms with Gasteiger partial charge in [0.15, 0.2) is 6.10 Å². The molecule has 0 amide bonds. The van der Waals surface area contributed by atoms with Gasteiger partial charge in [-0.1, -0.05) is 179 Å². The van der Waals surface area contributed by atoms with Crippen molar-refractivity contribution in [2.24, 2.45) is 0 Å². The molecule has 0 spiro atoms. The molecule has 0 bridgehead atoms. The lowest BCUT2D eigenvalue weighted by Crippen LogP contribution is -2.29. The van der Waals surface area contributed by atoms with E-state index < -0.39 is 51.8 Å². The first-order valence-corrected chi connectivity index (χ1v) is 23.9. The van der Waals surface area contributed by atoms with Crippen LogP contribution in [0.2, 0.25) is 0 Å². The molecule has 0 saturated heterocycles. The molecule has 0 aliphatic carbocycles. The summed E-state index contributed by atoms with van der Waals surface area (Å²) in [7, 11) is -4.62. The largest absolute Gasteiger partial charge is 0.472 e. The zero-order valence-electron chi connectivity index (χ0n) is 35.6. The summed E-state index contributed by atoms with van der Waals surface area (Å²) in [4.78, 5) is 35.0. The van der Waals surface area contributed by atoms with Crippen molar-refractivity contribution < 1.29 is 47.8 Å². The molecule has 56 heavy (non-hydrogen) atoms. The molecule has 0 aliphatic heterocycles. The third-order valence-electron chi connectivity index (χ3n) is 9.56. The molecule has 0 radical (unpaired) electrons. The number of esters is 2. The number of phosphoric acid groups is 1. The van der Waals surface area contributed by atoms with Crippen LogP contribution in [-0.4, -0.2) is 65.7 Å². The van der Waals surface area contributed by atoms with Gasteiger partial charge in [-0.2, -0.15) is 0 Å². The van der Waals surface area contributed by atoms with Crippen LogP contribution in [0.25, 0.3) is 0 Å². The van der Waals surface area contributed by atoms with E-state index in [-0.39, 0.29) is 19.4 Å². The van der Waals surface area contributed by atoms with E-state index in [4.69, 9.17) is 19.1 Å². The third kappa shape index (κ3) is 40.4. The molecule has 3 unspecified atom stereocenters. The van der Waals surface area contributed by atoms with Crippen molar-refractivity contribution >= 4 is 19.8 Å². The molecule has 0 rings (SSSR count). The van der Waals surface area contributed by atoms with Gasteiger partial charge < -0.3 is 24.6 Å². The molecule has 0 saturated carbocycles. The number of aliphatic hydroxyl groups excluding tert-OH is 2. The van der Waals surface area contributed by atoms with Gasteiger partial charge in [0, 0.05) is 12.8 Å². The number of aliphatic hydroxyl groups is 2. The summed E-state index contributed by atoms with van der Waals surface area (Å²) in [5.41, 5.74) is 0. The smallest absolute Gasteiger partial charge is 0.462 e. The molecule has 0 heterocycles. The first-order valence-electron chi connectivity index (χ1n) is 22.4. The molecule has 3 atom stereocenters. The monoisotopic (exact) mass is 815 g/mol. The zero-order chi connectivity index (χ0) is 41.2. The van der Waals surface area contributed by atoms with Crippen LogP contribution in [0, 0.1) is 0 Å². The van der Waals surface area contributed by atoms with Gasteiger partial charge in [0.05, 0.1) is 19.8 Å². The van der Waals surface area contributed by atoms with Crippen molar-refractivity contribution in [1.29, 1.82) is 0 Å². The molecule has 0 aromatic rings. The number of phosphoric ester groups is 1. The van der Waals surface area contributed by atoms with Crippen molar-refractivity contribution in [3.05, 3.63) is 36.5 Å². The number of ether oxygens (including phenoxy) is 2. The van der Waals surface area contributed by atoms with Crippen molar-refractivity contribution in [2.75, 3.05) is 26.4 Å². The Morgan fingerprint density at radius 2 is 0.982 bits per heavy atom.